The van der Waals surface area contributed by atoms with E-state index < -0.39 is 0 Å². The molecule has 0 atom stereocenters. The molecule has 0 saturated heterocycles. The van der Waals surface area contributed by atoms with Crippen molar-refractivity contribution >= 4 is 17.6 Å². The van der Waals surface area contributed by atoms with Gasteiger partial charge in [-0.1, -0.05) is 19.9 Å². The second-order valence-electron chi connectivity index (χ2n) is 7.28. The number of nitrogens with one attached hydrogen (secondary N) is 2. The molecule has 2 aliphatic heterocycles. The van der Waals surface area contributed by atoms with Crippen molar-refractivity contribution < 1.29 is 19.1 Å². The Bertz CT molecular complexity index is 890. The Kier molecular flexibility index (Phi) is 4.47. The average Bonchev–Trinajstić information content (AvgIpc) is 3.30. The third-order valence-electron chi connectivity index (χ3n) is 4.65. The molecule has 1 aromatic heterocycles. The summed E-state index contributed by atoms with van der Waals surface area (Å²) in [6.45, 7) is 5.08. The van der Waals surface area contributed by atoms with Gasteiger partial charge in [0, 0.05) is 12.0 Å². The van der Waals surface area contributed by atoms with Crippen molar-refractivity contribution in [2.45, 2.75) is 39.8 Å². The summed E-state index contributed by atoms with van der Waals surface area (Å²) < 4.78 is 10.7. The highest BCUT2D eigenvalue weighted by Gasteiger charge is 2.29. The summed E-state index contributed by atoms with van der Waals surface area (Å²) in [6, 6.07) is 5.54. The Morgan fingerprint density at radius 1 is 1.26 bits per heavy atom. The van der Waals surface area contributed by atoms with Crippen LogP contribution in [-0.4, -0.2) is 33.7 Å². The second kappa shape index (κ2) is 6.94. The van der Waals surface area contributed by atoms with Crippen LogP contribution in [0.4, 0.5) is 5.82 Å². The molecular weight excluding hydrogens is 348 g/mol. The molecule has 1 aromatic carbocycles. The highest BCUT2D eigenvalue weighted by atomic mass is 16.7. The first-order chi connectivity index (χ1) is 13.0. The smallest absolute Gasteiger partial charge is 0.231 e. The molecule has 8 heteroatoms. The molecule has 0 bridgehead atoms. The Balaban J connectivity index is 1.39. The van der Waals surface area contributed by atoms with E-state index in [9.17, 15) is 9.59 Å². The van der Waals surface area contributed by atoms with E-state index in [1.807, 2.05) is 32.0 Å². The molecule has 8 nitrogen and oxygen atoms in total. The van der Waals surface area contributed by atoms with Crippen LogP contribution in [0.1, 0.15) is 37.1 Å². The van der Waals surface area contributed by atoms with Crippen LogP contribution in [0.3, 0.4) is 0 Å². The summed E-state index contributed by atoms with van der Waals surface area (Å²) in [4.78, 5) is 26.4. The lowest BCUT2D eigenvalue weighted by molar-refractivity contribution is -0.131. The fraction of sp³-hybridized carbons (Fsp3) is 0.421. The average molecular weight is 370 g/mol. The zero-order chi connectivity index (χ0) is 19.0. The number of carbonyl (C=O) groups excluding carboxylic acids is 2. The maximum atomic E-state index is 12.7. The first-order valence-corrected chi connectivity index (χ1v) is 9.02. The summed E-state index contributed by atoms with van der Waals surface area (Å²) in [5, 5.41) is 9.98. The van der Waals surface area contributed by atoms with Crippen LogP contribution in [0.5, 0.6) is 11.5 Å². The minimum atomic E-state index is -0.0541. The van der Waals surface area contributed by atoms with Gasteiger partial charge < -0.3 is 19.7 Å². The van der Waals surface area contributed by atoms with Gasteiger partial charge in [0.15, 0.2) is 11.5 Å². The number of hydrogen-bond acceptors (Lipinski definition) is 5. The number of amides is 2. The summed E-state index contributed by atoms with van der Waals surface area (Å²) >= 11 is 0. The number of rotatable bonds is 5. The standard InChI is InChI=1S/C19H22N4O4/c1-11(2)5-17(24)20-19-13-8-23(9-14(13)21-22-19)18(25)7-12-3-4-15-16(6-12)27-10-26-15/h3-4,6,11H,5,7-10H2,1-2H3,(H2,20,21,22,24). The first kappa shape index (κ1) is 17.4. The predicted molar refractivity (Wildman–Crippen MR) is 97.2 cm³/mol. The Labute approximate surface area is 156 Å². The van der Waals surface area contributed by atoms with Crippen LogP contribution < -0.4 is 14.8 Å². The first-order valence-electron chi connectivity index (χ1n) is 9.02. The quantitative estimate of drug-likeness (QED) is 0.841. The number of aromatic nitrogens is 2. The number of H-pyrrole nitrogens is 1. The molecule has 0 spiro atoms. The van der Waals surface area contributed by atoms with Gasteiger partial charge in [-0.25, -0.2) is 0 Å². The maximum Gasteiger partial charge on any atom is 0.231 e. The number of benzene rings is 1. The van der Waals surface area contributed by atoms with Gasteiger partial charge in [-0.05, 0) is 23.6 Å². The van der Waals surface area contributed by atoms with Gasteiger partial charge in [-0.3, -0.25) is 14.7 Å². The third-order valence-corrected chi connectivity index (χ3v) is 4.65. The zero-order valence-electron chi connectivity index (χ0n) is 15.4. The van der Waals surface area contributed by atoms with Crippen LogP contribution in [-0.2, 0) is 29.1 Å². The Morgan fingerprint density at radius 2 is 2.07 bits per heavy atom. The lowest BCUT2D eigenvalue weighted by atomic mass is 10.1. The van der Waals surface area contributed by atoms with Crippen LogP contribution in [0.25, 0.3) is 0 Å². The van der Waals surface area contributed by atoms with Gasteiger partial charge in [0.1, 0.15) is 5.82 Å². The SMILES string of the molecule is CC(C)CC(=O)Nc1[nH]nc2c1CN(C(=O)Cc1ccc3c(c1)OCO3)C2. The Morgan fingerprint density at radius 3 is 2.89 bits per heavy atom. The van der Waals surface area contributed by atoms with Gasteiger partial charge in [-0.2, -0.15) is 5.10 Å². The van der Waals surface area contributed by atoms with Crippen molar-refractivity contribution in [2.75, 3.05) is 12.1 Å². The highest BCUT2D eigenvalue weighted by Crippen LogP contribution is 2.33. The normalized spacial score (nSPS) is 14.6. The molecule has 142 valence electrons. The molecule has 3 heterocycles. The van der Waals surface area contributed by atoms with E-state index in [-0.39, 0.29) is 30.9 Å². The number of aromatic amines is 1. The summed E-state index contributed by atoms with van der Waals surface area (Å²) in [5.41, 5.74) is 2.56. The fourth-order valence-electron chi connectivity index (χ4n) is 3.31. The molecule has 0 unspecified atom stereocenters. The number of nitrogens with zero attached hydrogens (tertiary/aromatic N) is 2. The molecule has 0 saturated carbocycles. The van der Waals surface area contributed by atoms with Crippen molar-refractivity contribution in [2.24, 2.45) is 5.92 Å². The van der Waals surface area contributed by atoms with E-state index in [1.165, 1.54) is 0 Å². The van der Waals surface area contributed by atoms with Crippen molar-refractivity contribution in [1.82, 2.24) is 15.1 Å². The number of ether oxygens (including phenoxy) is 2. The number of carbonyl (C=O) groups is 2. The zero-order valence-corrected chi connectivity index (χ0v) is 15.4. The third kappa shape index (κ3) is 3.60. The van der Waals surface area contributed by atoms with Crippen LogP contribution in [0.15, 0.2) is 18.2 Å². The minimum Gasteiger partial charge on any atom is -0.454 e. The molecule has 2 amide bonds. The van der Waals surface area contributed by atoms with Gasteiger partial charge in [0.25, 0.3) is 0 Å². The van der Waals surface area contributed by atoms with E-state index in [0.717, 1.165) is 16.8 Å². The summed E-state index contributed by atoms with van der Waals surface area (Å²) in [5.74, 6) is 2.20. The van der Waals surface area contributed by atoms with E-state index in [2.05, 4.69) is 15.5 Å². The largest absolute Gasteiger partial charge is 0.454 e. The van der Waals surface area contributed by atoms with Crippen molar-refractivity contribution in [3.05, 3.63) is 35.0 Å². The van der Waals surface area contributed by atoms with Gasteiger partial charge in [0.05, 0.1) is 25.2 Å². The van der Waals surface area contributed by atoms with Gasteiger partial charge in [0.2, 0.25) is 18.6 Å². The molecule has 0 radical (unpaired) electrons. The molecule has 27 heavy (non-hydrogen) atoms. The van der Waals surface area contributed by atoms with Crippen LogP contribution in [0.2, 0.25) is 0 Å². The Hall–Kier alpha value is -3.03. The van der Waals surface area contributed by atoms with Gasteiger partial charge in [-0.15, -0.1) is 0 Å². The molecule has 2 aliphatic rings. The van der Waals surface area contributed by atoms with E-state index >= 15 is 0 Å². The fourth-order valence-corrected chi connectivity index (χ4v) is 3.31. The monoisotopic (exact) mass is 370 g/mol. The van der Waals surface area contributed by atoms with Crippen LogP contribution >= 0.6 is 0 Å². The summed E-state index contributed by atoms with van der Waals surface area (Å²) in [6.07, 6.45) is 0.722. The molecule has 4 rings (SSSR count). The van der Waals surface area contributed by atoms with Crippen molar-refractivity contribution in [3.63, 3.8) is 0 Å². The van der Waals surface area contributed by atoms with Gasteiger partial charge >= 0.3 is 0 Å². The minimum absolute atomic E-state index is 0.00585. The number of anilines is 1. The van der Waals surface area contributed by atoms with E-state index in [4.69, 9.17) is 9.47 Å². The molecule has 2 N–H and O–H groups in total. The topological polar surface area (TPSA) is 96.6 Å². The second-order valence-corrected chi connectivity index (χ2v) is 7.28. The molecule has 0 aliphatic carbocycles. The van der Waals surface area contributed by atoms with E-state index in [0.29, 0.717) is 36.8 Å². The molecular formula is C19H22N4O4. The maximum absolute atomic E-state index is 12.7. The molecule has 2 aromatic rings. The summed E-state index contributed by atoms with van der Waals surface area (Å²) in [7, 11) is 0. The van der Waals surface area contributed by atoms with Crippen molar-refractivity contribution in [1.29, 1.82) is 0 Å². The predicted octanol–water partition coefficient (Wildman–Crippen LogP) is 2.21. The van der Waals surface area contributed by atoms with E-state index in [1.54, 1.807) is 4.90 Å². The molecule has 0 fully saturated rings. The van der Waals surface area contributed by atoms with Crippen LogP contribution in [0, 0.1) is 5.92 Å². The highest BCUT2D eigenvalue weighted by molar-refractivity contribution is 5.91. The lowest BCUT2D eigenvalue weighted by Gasteiger charge is -2.16. The van der Waals surface area contributed by atoms with Crippen molar-refractivity contribution in [3.8, 4) is 11.5 Å². The lowest BCUT2D eigenvalue weighted by Crippen LogP contribution is -2.27. The number of fused-ring (bicyclic) bond motifs is 2. The number of hydrogen-bond donors (Lipinski definition) is 2.